The van der Waals surface area contributed by atoms with E-state index in [0.717, 1.165) is 35.7 Å². The van der Waals surface area contributed by atoms with E-state index in [0.29, 0.717) is 37.7 Å². The number of morpholine rings is 1. The molecule has 2 heterocycles. The van der Waals surface area contributed by atoms with E-state index in [4.69, 9.17) is 30.9 Å². The quantitative estimate of drug-likeness (QED) is 0.471. The van der Waals surface area contributed by atoms with Gasteiger partial charge >= 0.3 is 0 Å². The Morgan fingerprint density at radius 2 is 1.78 bits per heavy atom. The molecule has 198 valence electrons. The van der Waals surface area contributed by atoms with Crippen molar-refractivity contribution in [3.8, 4) is 5.75 Å². The minimum Gasteiger partial charge on any atom is -0.497 e. The first-order valence-electron chi connectivity index (χ1n) is 12.3. The molecule has 4 rings (SSSR count). The number of benzene rings is 2. The lowest BCUT2D eigenvalue weighted by atomic mass is 9.98. The number of hydrogen-bond acceptors (Lipinski definition) is 7. The molecule has 1 atom stereocenters. The van der Waals surface area contributed by atoms with Gasteiger partial charge in [0.05, 0.1) is 32.1 Å². The first kappa shape index (κ1) is 27.1. The summed E-state index contributed by atoms with van der Waals surface area (Å²) in [5, 5.41) is 6.86. The highest BCUT2D eigenvalue weighted by atomic mass is 35.5. The maximum absolute atomic E-state index is 13.6. The molecule has 1 saturated heterocycles. The highest BCUT2D eigenvalue weighted by molar-refractivity contribution is 6.30. The summed E-state index contributed by atoms with van der Waals surface area (Å²) >= 11 is 6.11. The summed E-state index contributed by atoms with van der Waals surface area (Å²) < 4.78 is 15.8. The summed E-state index contributed by atoms with van der Waals surface area (Å²) in [5.41, 5.74) is 2.63. The summed E-state index contributed by atoms with van der Waals surface area (Å²) in [4.78, 5) is 30.3. The normalized spacial score (nSPS) is 18.0. The minimum atomic E-state index is -0.305. The summed E-state index contributed by atoms with van der Waals surface area (Å²) in [6.07, 6.45) is 0.541. The monoisotopic (exact) mass is 528 g/mol. The fourth-order valence-corrected chi connectivity index (χ4v) is 4.60. The van der Waals surface area contributed by atoms with Gasteiger partial charge in [-0.3, -0.25) is 14.5 Å². The second-order valence-corrected chi connectivity index (χ2v) is 9.42. The van der Waals surface area contributed by atoms with Crippen LogP contribution in [0.25, 0.3) is 0 Å². The van der Waals surface area contributed by atoms with Crippen LogP contribution >= 0.6 is 11.6 Å². The predicted molar refractivity (Wildman–Crippen MR) is 141 cm³/mol. The number of carbonyl (C=O) groups excluding carboxylic acids is 2. The second kappa shape index (κ2) is 13.0. The van der Waals surface area contributed by atoms with Crippen molar-refractivity contribution < 1.29 is 23.8 Å². The number of hydrogen-bond donors (Lipinski definition) is 0. The van der Waals surface area contributed by atoms with Crippen LogP contribution in [0.2, 0.25) is 5.02 Å². The molecule has 2 aromatic rings. The van der Waals surface area contributed by atoms with Crippen LogP contribution in [0, 0.1) is 0 Å². The lowest BCUT2D eigenvalue weighted by Gasteiger charge is -2.31. The number of rotatable bonds is 10. The van der Waals surface area contributed by atoms with E-state index in [1.807, 2.05) is 48.5 Å². The van der Waals surface area contributed by atoms with Crippen LogP contribution in [0.15, 0.2) is 53.6 Å². The molecule has 0 bridgehead atoms. The average molecular weight is 529 g/mol. The maximum atomic E-state index is 13.6. The Labute approximate surface area is 222 Å². The largest absolute Gasteiger partial charge is 0.497 e. The van der Waals surface area contributed by atoms with Crippen LogP contribution in [0.3, 0.4) is 0 Å². The van der Waals surface area contributed by atoms with Crippen LogP contribution in [-0.4, -0.2) is 99.1 Å². The first-order chi connectivity index (χ1) is 18.0. The van der Waals surface area contributed by atoms with Crippen molar-refractivity contribution in [2.24, 2.45) is 5.10 Å². The van der Waals surface area contributed by atoms with Crippen molar-refractivity contribution in [2.75, 3.05) is 66.8 Å². The summed E-state index contributed by atoms with van der Waals surface area (Å²) in [7, 11) is 3.09. The lowest BCUT2D eigenvalue weighted by molar-refractivity contribution is -0.143. The highest BCUT2D eigenvalue weighted by Crippen LogP contribution is 2.33. The van der Waals surface area contributed by atoms with Gasteiger partial charge in [0.2, 0.25) is 5.91 Å². The van der Waals surface area contributed by atoms with Gasteiger partial charge in [0.25, 0.3) is 5.91 Å². The van der Waals surface area contributed by atoms with Crippen LogP contribution in [0.1, 0.15) is 23.6 Å². The van der Waals surface area contributed by atoms with E-state index in [9.17, 15) is 9.59 Å². The van der Waals surface area contributed by atoms with Crippen molar-refractivity contribution >= 4 is 29.1 Å². The topological polar surface area (TPSA) is 83.9 Å². The van der Waals surface area contributed by atoms with Crippen molar-refractivity contribution in [2.45, 2.75) is 12.5 Å². The third kappa shape index (κ3) is 7.07. The van der Waals surface area contributed by atoms with Crippen LogP contribution in [0.5, 0.6) is 5.75 Å². The third-order valence-corrected chi connectivity index (χ3v) is 6.83. The molecule has 0 radical (unpaired) electrons. The maximum Gasteiger partial charge on any atom is 0.262 e. The Hall–Kier alpha value is -2.98. The van der Waals surface area contributed by atoms with Gasteiger partial charge in [-0.25, -0.2) is 5.01 Å². The number of methoxy groups -OCH3 is 2. The lowest BCUT2D eigenvalue weighted by Crippen LogP contribution is -2.47. The standard InChI is InChI=1S/C27H33ClN4O5/c1-35-19-27(34)31(12-11-30-13-15-37-16-14-30)18-26(33)32-25(21-3-7-22(28)8-4-21)17-24(29-32)20-5-9-23(36-2)10-6-20/h3-10,25H,11-19H2,1-2H3/t25-/m0/s1. The molecule has 9 nitrogen and oxygen atoms in total. The number of halogens is 1. The zero-order valence-electron chi connectivity index (χ0n) is 21.3. The average Bonchev–Trinajstić information content (AvgIpc) is 3.38. The Morgan fingerprint density at radius 1 is 1.08 bits per heavy atom. The smallest absolute Gasteiger partial charge is 0.262 e. The fourth-order valence-electron chi connectivity index (χ4n) is 4.47. The molecular formula is C27H33ClN4O5. The van der Waals surface area contributed by atoms with Crippen LogP contribution in [-0.2, 0) is 19.1 Å². The molecule has 1 fully saturated rings. The van der Waals surface area contributed by atoms with Crippen molar-refractivity contribution in [1.82, 2.24) is 14.8 Å². The zero-order valence-corrected chi connectivity index (χ0v) is 22.0. The third-order valence-electron chi connectivity index (χ3n) is 6.58. The van der Waals surface area contributed by atoms with Gasteiger partial charge in [0.1, 0.15) is 18.9 Å². The number of hydrazone groups is 1. The number of nitrogens with zero attached hydrogens (tertiary/aromatic N) is 4. The van der Waals surface area contributed by atoms with E-state index in [1.54, 1.807) is 12.0 Å². The summed E-state index contributed by atoms with van der Waals surface area (Å²) in [6.45, 7) is 3.86. The number of ether oxygens (including phenoxy) is 3. The summed E-state index contributed by atoms with van der Waals surface area (Å²) in [5.74, 6) is 0.262. The Balaban J connectivity index is 1.54. The van der Waals surface area contributed by atoms with Gasteiger partial charge in [-0.1, -0.05) is 23.7 Å². The van der Waals surface area contributed by atoms with Crippen molar-refractivity contribution in [3.05, 3.63) is 64.7 Å². The van der Waals surface area contributed by atoms with Crippen molar-refractivity contribution in [3.63, 3.8) is 0 Å². The SMILES string of the molecule is COCC(=O)N(CCN1CCOCC1)CC(=O)N1N=C(c2ccc(OC)cc2)C[C@H]1c1ccc(Cl)cc1. The van der Waals surface area contributed by atoms with E-state index < -0.39 is 0 Å². The van der Waals surface area contributed by atoms with E-state index in [1.165, 1.54) is 12.1 Å². The molecule has 2 aliphatic rings. The molecule has 0 unspecified atom stereocenters. The predicted octanol–water partition coefficient (Wildman–Crippen LogP) is 2.83. The van der Waals surface area contributed by atoms with Crippen molar-refractivity contribution in [1.29, 1.82) is 0 Å². The molecular weight excluding hydrogens is 496 g/mol. The molecule has 0 spiro atoms. The van der Waals surface area contributed by atoms with Gasteiger partial charge in [-0.2, -0.15) is 5.10 Å². The molecule has 2 aromatic carbocycles. The highest BCUT2D eigenvalue weighted by Gasteiger charge is 2.34. The van der Waals surface area contributed by atoms with E-state index in [2.05, 4.69) is 4.90 Å². The van der Waals surface area contributed by atoms with Gasteiger partial charge in [-0.15, -0.1) is 0 Å². The van der Waals surface area contributed by atoms with Gasteiger partial charge < -0.3 is 19.1 Å². The van der Waals surface area contributed by atoms with E-state index in [-0.39, 0.29) is 31.0 Å². The molecule has 37 heavy (non-hydrogen) atoms. The van der Waals surface area contributed by atoms with E-state index >= 15 is 0 Å². The zero-order chi connectivity index (χ0) is 26.2. The van der Waals surface area contributed by atoms with Gasteiger partial charge in [0.15, 0.2) is 0 Å². The first-order valence-corrected chi connectivity index (χ1v) is 12.7. The molecule has 0 saturated carbocycles. The molecule has 0 aromatic heterocycles. The summed E-state index contributed by atoms with van der Waals surface area (Å²) in [6, 6.07) is 14.7. The number of carbonyl (C=O) groups is 2. The Kier molecular flexibility index (Phi) is 9.51. The Bertz CT molecular complexity index is 1090. The second-order valence-electron chi connectivity index (χ2n) is 8.99. The van der Waals surface area contributed by atoms with Gasteiger partial charge in [0, 0.05) is 44.7 Å². The molecule has 2 amide bonds. The minimum absolute atomic E-state index is 0.0859. The molecule has 0 aliphatic carbocycles. The van der Waals surface area contributed by atoms with Crippen LogP contribution < -0.4 is 4.74 Å². The fraction of sp³-hybridized carbons (Fsp3) is 0.444. The van der Waals surface area contributed by atoms with Crippen LogP contribution in [0.4, 0.5) is 0 Å². The van der Waals surface area contributed by atoms with Gasteiger partial charge in [-0.05, 0) is 47.5 Å². The Morgan fingerprint density at radius 3 is 2.43 bits per heavy atom. The molecule has 2 aliphatic heterocycles. The molecule has 10 heteroatoms. The molecule has 0 N–H and O–H groups in total. The number of amides is 2.